The van der Waals surface area contributed by atoms with Gasteiger partial charge >= 0.3 is 0 Å². The average Bonchev–Trinajstić information content (AvgIpc) is 2.98. The van der Waals surface area contributed by atoms with Gasteiger partial charge in [-0.05, 0) is 61.2 Å². The van der Waals surface area contributed by atoms with Gasteiger partial charge in [-0.25, -0.2) is 4.94 Å². The van der Waals surface area contributed by atoms with Crippen molar-refractivity contribution in [1.29, 1.82) is 0 Å². The van der Waals surface area contributed by atoms with Crippen LogP contribution >= 0.6 is 0 Å². The zero-order valence-electron chi connectivity index (χ0n) is 15.7. The van der Waals surface area contributed by atoms with Gasteiger partial charge in [0.1, 0.15) is 0 Å². The summed E-state index contributed by atoms with van der Waals surface area (Å²) in [7, 11) is 0. The molecule has 4 aliphatic rings. The smallest absolute Gasteiger partial charge is 0.0672 e. The van der Waals surface area contributed by atoms with Crippen LogP contribution in [0.4, 0.5) is 0 Å². The maximum Gasteiger partial charge on any atom is 0.0672 e. The maximum absolute atomic E-state index is 5.60. The lowest BCUT2D eigenvalue weighted by atomic mass is 9.70. The zero-order chi connectivity index (χ0) is 16.7. The van der Waals surface area contributed by atoms with Crippen molar-refractivity contribution >= 4 is 11.4 Å². The topological polar surface area (TPSA) is 34.0 Å². The van der Waals surface area contributed by atoms with Crippen molar-refractivity contribution in [2.24, 2.45) is 43.8 Å². The van der Waals surface area contributed by atoms with Crippen LogP contribution < -0.4 is 0 Å². The first-order chi connectivity index (χ1) is 10.6. The summed E-state index contributed by atoms with van der Waals surface area (Å²) >= 11 is 0. The van der Waals surface area contributed by atoms with E-state index in [0.29, 0.717) is 10.8 Å². The minimum atomic E-state index is 0.204. The fraction of sp³-hybridized carbons (Fsp3) is 0.900. The number of hydrogen-bond acceptors (Lipinski definition) is 3. The second kappa shape index (κ2) is 4.40. The van der Waals surface area contributed by atoms with E-state index in [1.807, 2.05) is 0 Å². The third-order valence-corrected chi connectivity index (χ3v) is 9.33. The molecule has 0 spiro atoms. The van der Waals surface area contributed by atoms with Crippen LogP contribution in [-0.2, 0) is 4.94 Å². The van der Waals surface area contributed by atoms with Crippen molar-refractivity contribution in [3.8, 4) is 0 Å². The highest BCUT2D eigenvalue weighted by Gasteiger charge is 2.61. The van der Waals surface area contributed by atoms with Crippen molar-refractivity contribution in [3.05, 3.63) is 0 Å². The molecule has 4 fully saturated rings. The van der Waals surface area contributed by atoms with E-state index in [0.717, 1.165) is 24.7 Å². The number of rotatable bonds is 2. The highest BCUT2D eigenvalue weighted by molar-refractivity contribution is 5.95. The molecular weight excluding hydrogens is 284 g/mol. The van der Waals surface area contributed by atoms with Crippen LogP contribution in [0.2, 0.25) is 0 Å². The highest BCUT2D eigenvalue weighted by atomic mass is 16.8. The number of hydrogen-bond donors (Lipinski definition) is 0. The Morgan fingerprint density at radius 3 is 1.39 bits per heavy atom. The van der Waals surface area contributed by atoms with Gasteiger partial charge in [0, 0.05) is 10.8 Å². The first-order valence-corrected chi connectivity index (χ1v) is 9.44. The fourth-order valence-corrected chi connectivity index (χ4v) is 6.25. The minimum Gasteiger partial charge on any atom is -0.245 e. The molecule has 0 saturated heterocycles. The Morgan fingerprint density at radius 2 is 1.13 bits per heavy atom. The first kappa shape index (κ1) is 15.7. The van der Waals surface area contributed by atoms with E-state index in [9.17, 15) is 0 Å². The third kappa shape index (κ3) is 1.72. The molecule has 0 amide bonds. The predicted molar refractivity (Wildman–Crippen MR) is 94.4 cm³/mol. The van der Waals surface area contributed by atoms with Gasteiger partial charge in [0.05, 0.1) is 11.4 Å². The second-order valence-electron chi connectivity index (χ2n) is 10.1. The summed E-state index contributed by atoms with van der Waals surface area (Å²) in [4.78, 5) is 5.60. The molecule has 0 heterocycles. The lowest BCUT2D eigenvalue weighted by Gasteiger charge is -2.34. The highest BCUT2D eigenvalue weighted by Crippen LogP contribution is 2.65. The second-order valence-corrected chi connectivity index (χ2v) is 10.1. The first-order valence-electron chi connectivity index (χ1n) is 9.44. The predicted octanol–water partition coefficient (Wildman–Crippen LogP) is 5.41. The molecule has 4 unspecified atom stereocenters. The molecule has 0 aromatic carbocycles. The van der Waals surface area contributed by atoms with Gasteiger partial charge in [0.25, 0.3) is 0 Å². The molecule has 3 nitrogen and oxygen atoms in total. The SMILES string of the molecule is CC12CCC(C/C1=N/O/N=C1\CC3CCC1(C)C3(C)C)C2(C)C. The Bertz CT molecular complexity index is 551. The van der Waals surface area contributed by atoms with Crippen LogP contribution in [0.3, 0.4) is 0 Å². The van der Waals surface area contributed by atoms with Crippen molar-refractivity contribution in [2.45, 2.75) is 80.1 Å². The number of oxime groups is 2. The molecule has 3 heteroatoms. The summed E-state index contributed by atoms with van der Waals surface area (Å²) in [5, 5.41) is 9.06. The van der Waals surface area contributed by atoms with Gasteiger partial charge in [-0.2, -0.15) is 0 Å². The van der Waals surface area contributed by atoms with Crippen molar-refractivity contribution in [2.75, 3.05) is 0 Å². The molecular formula is C20H32N2O. The molecule has 0 aliphatic heterocycles. The number of fused-ring (bicyclic) bond motifs is 4. The normalized spacial score (nSPS) is 49.5. The summed E-state index contributed by atoms with van der Waals surface area (Å²) < 4.78 is 0. The summed E-state index contributed by atoms with van der Waals surface area (Å²) in [6.07, 6.45) is 7.36. The van der Waals surface area contributed by atoms with Crippen molar-refractivity contribution < 1.29 is 4.94 Å². The maximum atomic E-state index is 5.60. The zero-order valence-corrected chi connectivity index (χ0v) is 15.7. The minimum absolute atomic E-state index is 0.204. The van der Waals surface area contributed by atoms with E-state index in [-0.39, 0.29) is 10.8 Å². The summed E-state index contributed by atoms with van der Waals surface area (Å²) in [6.45, 7) is 14.4. The van der Waals surface area contributed by atoms with E-state index < -0.39 is 0 Å². The molecule has 4 bridgehead atoms. The Morgan fingerprint density at radius 1 is 0.739 bits per heavy atom. The van der Waals surface area contributed by atoms with Crippen molar-refractivity contribution in [3.63, 3.8) is 0 Å². The van der Waals surface area contributed by atoms with E-state index in [2.05, 4.69) is 51.9 Å². The quantitative estimate of drug-likeness (QED) is 0.627. The van der Waals surface area contributed by atoms with Crippen molar-refractivity contribution in [1.82, 2.24) is 0 Å². The molecule has 4 aliphatic carbocycles. The van der Waals surface area contributed by atoms with Gasteiger partial charge in [0.2, 0.25) is 0 Å². The number of nitrogens with zero attached hydrogens (tertiary/aromatic N) is 2. The summed E-state index contributed by atoms with van der Waals surface area (Å²) in [5.74, 6) is 1.53. The van der Waals surface area contributed by atoms with Gasteiger partial charge in [-0.1, -0.05) is 51.9 Å². The summed E-state index contributed by atoms with van der Waals surface area (Å²) in [6, 6.07) is 0. The molecule has 4 rings (SSSR count). The van der Waals surface area contributed by atoms with Crippen LogP contribution in [0.25, 0.3) is 0 Å². The van der Waals surface area contributed by atoms with Gasteiger partial charge in [-0.15, -0.1) is 0 Å². The molecule has 4 saturated carbocycles. The van der Waals surface area contributed by atoms with Gasteiger partial charge < -0.3 is 0 Å². The van der Waals surface area contributed by atoms with E-state index in [4.69, 9.17) is 4.94 Å². The Kier molecular flexibility index (Phi) is 3.00. The molecule has 0 aromatic rings. The van der Waals surface area contributed by atoms with Crippen LogP contribution in [0.1, 0.15) is 80.1 Å². The van der Waals surface area contributed by atoms with E-state index >= 15 is 0 Å². The molecule has 0 N–H and O–H groups in total. The Labute approximate surface area is 140 Å². The molecule has 4 atom stereocenters. The monoisotopic (exact) mass is 316 g/mol. The molecule has 128 valence electrons. The van der Waals surface area contributed by atoms with Gasteiger partial charge in [-0.3, -0.25) is 0 Å². The van der Waals surface area contributed by atoms with Crippen LogP contribution in [0.5, 0.6) is 0 Å². The van der Waals surface area contributed by atoms with Gasteiger partial charge in [0.15, 0.2) is 0 Å². The molecule has 0 aromatic heterocycles. The summed E-state index contributed by atoms with van der Waals surface area (Å²) in [5.41, 5.74) is 3.60. The largest absolute Gasteiger partial charge is 0.245 e. The van der Waals surface area contributed by atoms with E-state index in [1.165, 1.54) is 37.1 Å². The Balaban J connectivity index is 1.54. The van der Waals surface area contributed by atoms with Crippen LogP contribution in [-0.4, -0.2) is 11.4 Å². The average molecular weight is 316 g/mol. The van der Waals surface area contributed by atoms with E-state index in [1.54, 1.807) is 0 Å². The molecule has 0 radical (unpaired) electrons. The van der Waals surface area contributed by atoms with Crippen LogP contribution in [0.15, 0.2) is 10.3 Å². The standard InChI is InChI=1S/C20H32N2O/c1-17(2)13-7-9-19(17,5)15(11-13)21-23-22-16-12-14-8-10-20(16,6)18(14,3)4/h13-14H,7-12H2,1-6H3/b21-15-,22-16+. The lowest BCUT2D eigenvalue weighted by molar-refractivity contribution is 0.137. The fourth-order valence-electron chi connectivity index (χ4n) is 6.25. The van der Waals surface area contributed by atoms with Crippen LogP contribution in [0, 0.1) is 33.5 Å². The lowest BCUT2D eigenvalue weighted by Crippen LogP contribution is -2.33. The molecule has 23 heavy (non-hydrogen) atoms. The Hall–Kier alpha value is -0.860. The third-order valence-electron chi connectivity index (χ3n) is 9.33.